The summed E-state index contributed by atoms with van der Waals surface area (Å²) in [5.41, 5.74) is 0. The molecule has 48 valence electrons. The molecule has 2 nitrogen and oxygen atoms in total. The summed E-state index contributed by atoms with van der Waals surface area (Å²) in [6.07, 6.45) is 4.22. The lowest BCUT2D eigenvalue weighted by molar-refractivity contribution is 0.575. The lowest BCUT2D eigenvalue weighted by Crippen LogP contribution is -2.28. The van der Waals surface area contributed by atoms with Gasteiger partial charge in [0.1, 0.15) is 0 Å². The van der Waals surface area contributed by atoms with Gasteiger partial charge in [0.15, 0.2) is 5.17 Å². The van der Waals surface area contributed by atoms with Crippen molar-refractivity contribution in [2.24, 2.45) is 4.99 Å². The summed E-state index contributed by atoms with van der Waals surface area (Å²) in [4.78, 5) is 6.49. The van der Waals surface area contributed by atoms with Gasteiger partial charge in [0, 0.05) is 18.5 Å². The van der Waals surface area contributed by atoms with Crippen LogP contribution in [0.3, 0.4) is 0 Å². The molecule has 9 heavy (non-hydrogen) atoms. The number of thioether (sulfide) groups is 1. The van der Waals surface area contributed by atoms with Crippen LogP contribution in [0.4, 0.5) is 0 Å². The molecular formula is C6H8N2S. The predicted molar refractivity (Wildman–Crippen MR) is 40.6 cm³/mol. The number of hydrogen-bond acceptors (Lipinski definition) is 3. The highest BCUT2D eigenvalue weighted by Gasteiger charge is 2.15. The van der Waals surface area contributed by atoms with Gasteiger partial charge in [-0.2, -0.15) is 0 Å². The molecule has 0 aromatic heterocycles. The first-order valence-electron chi connectivity index (χ1n) is 3.07. The minimum Gasteiger partial charge on any atom is -0.324 e. The van der Waals surface area contributed by atoms with Crippen molar-refractivity contribution in [1.29, 1.82) is 0 Å². The van der Waals surface area contributed by atoms with Gasteiger partial charge < -0.3 is 4.90 Å². The molecule has 2 aliphatic heterocycles. The number of rotatable bonds is 0. The Bertz CT molecular complexity index is 174. The van der Waals surface area contributed by atoms with Crippen molar-refractivity contribution in [2.75, 3.05) is 18.8 Å². The lowest BCUT2D eigenvalue weighted by Gasteiger charge is -2.23. The Balaban J connectivity index is 2.04. The van der Waals surface area contributed by atoms with Gasteiger partial charge in [-0.1, -0.05) is 11.8 Å². The zero-order valence-electron chi connectivity index (χ0n) is 5.08. The first-order valence-corrected chi connectivity index (χ1v) is 4.06. The van der Waals surface area contributed by atoms with Gasteiger partial charge >= 0.3 is 0 Å². The maximum atomic E-state index is 4.31. The second-order valence-corrected chi connectivity index (χ2v) is 3.11. The summed E-state index contributed by atoms with van der Waals surface area (Å²) in [6, 6.07) is 0. The fourth-order valence-electron chi connectivity index (χ4n) is 0.850. The van der Waals surface area contributed by atoms with E-state index in [-0.39, 0.29) is 0 Å². The Morgan fingerprint density at radius 3 is 3.00 bits per heavy atom. The quantitative estimate of drug-likeness (QED) is 0.497. The van der Waals surface area contributed by atoms with Gasteiger partial charge in [-0.05, 0) is 6.08 Å². The molecule has 0 amide bonds. The molecule has 0 bridgehead atoms. The maximum Gasteiger partial charge on any atom is 0.163 e. The van der Waals surface area contributed by atoms with Gasteiger partial charge in [0.25, 0.3) is 0 Å². The van der Waals surface area contributed by atoms with E-state index in [2.05, 4.69) is 22.2 Å². The second-order valence-electron chi connectivity index (χ2n) is 2.05. The van der Waals surface area contributed by atoms with Crippen molar-refractivity contribution in [1.82, 2.24) is 4.90 Å². The molecule has 0 atom stereocenters. The van der Waals surface area contributed by atoms with Crippen LogP contribution in [0.5, 0.6) is 0 Å². The standard InChI is InChI=1S/C6H8N2S/c1-3-8(4-1)6-7-2-5-9-6/h1,3H,2,4-5H2. The zero-order chi connectivity index (χ0) is 6.10. The zero-order valence-corrected chi connectivity index (χ0v) is 5.90. The number of amidine groups is 1. The Hall–Kier alpha value is -0.440. The molecule has 0 fully saturated rings. The molecule has 0 radical (unpaired) electrons. The van der Waals surface area contributed by atoms with E-state index in [1.165, 1.54) is 10.9 Å². The SMILES string of the molecule is C1=CN(C2=NCCS2)C1. The van der Waals surface area contributed by atoms with Gasteiger partial charge in [0.05, 0.1) is 6.54 Å². The van der Waals surface area contributed by atoms with Gasteiger partial charge in [-0.25, -0.2) is 0 Å². The fourth-order valence-corrected chi connectivity index (χ4v) is 1.70. The van der Waals surface area contributed by atoms with E-state index in [0.717, 1.165) is 13.1 Å². The molecule has 3 heteroatoms. The number of aliphatic imine (C=N–C) groups is 1. The van der Waals surface area contributed by atoms with E-state index in [0.29, 0.717) is 0 Å². The van der Waals surface area contributed by atoms with Crippen LogP contribution in [0.2, 0.25) is 0 Å². The molecule has 2 rings (SSSR count). The molecule has 0 unspecified atom stereocenters. The minimum atomic E-state index is 1.00. The monoisotopic (exact) mass is 140 g/mol. The molecule has 0 aromatic rings. The first-order chi connectivity index (χ1) is 4.47. The van der Waals surface area contributed by atoms with Crippen LogP contribution in [-0.4, -0.2) is 28.9 Å². The van der Waals surface area contributed by atoms with Crippen molar-refractivity contribution in [3.05, 3.63) is 12.3 Å². The molecule has 0 aliphatic carbocycles. The van der Waals surface area contributed by atoms with Crippen LogP contribution in [0.15, 0.2) is 17.3 Å². The summed E-state index contributed by atoms with van der Waals surface area (Å²) in [5, 5.41) is 1.21. The van der Waals surface area contributed by atoms with Crippen molar-refractivity contribution in [2.45, 2.75) is 0 Å². The van der Waals surface area contributed by atoms with E-state index < -0.39 is 0 Å². The summed E-state index contributed by atoms with van der Waals surface area (Å²) in [5.74, 6) is 1.17. The predicted octanol–water partition coefficient (Wildman–Crippen LogP) is 0.918. The Morgan fingerprint density at radius 1 is 1.67 bits per heavy atom. The van der Waals surface area contributed by atoms with Crippen LogP contribution in [0.25, 0.3) is 0 Å². The molecule has 2 heterocycles. The van der Waals surface area contributed by atoms with E-state index >= 15 is 0 Å². The summed E-state index contributed by atoms with van der Waals surface area (Å²) in [6.45, 7) is 2.07. The Labute approximate surface area is 58.6 Å². The average molecular weight is 140 g/mol. The maximum absolute atomic E-state index is 4.31. The van der Waals surface area contributed by atoms with Crippen molar-refractivity contribution in [3.8, 4) is 0 Å². The van der Waals surface area contributed by atoms with Crippen LogP contribution < -0.4 is 0 Å². The smallest absolute Gasteiger partial charge is 0.163 e. The largest absolute Gasteiger partial charge is 0.324 e. The number of nitrogens with zero attached hydrogens (tertiary/aromatic N) is 2. The van der Waals surface area contributed by atoms with Crippen LogP contribution in [0, 0.1) is 0 Å². The van der Waals surface area contributed by atoms with E-state index in [4.69, 9.17) is 0 Å². The van der Waals surface area contributed by atoms with E-state index in [1.54, 1.807) is 0 Å². The van der Waals surface area contributed by atoms with Gasteiger partial charge in [0.2, 0.25) is 0 Å². The molecule has 2 aliphatic rings. The third-order valence-electron chi connectivity index (χ3n) is 1.40. The molecular weight excluding hydrogens is 132 g/mol. The average Bonchev–Trinajstić information content (AvgIpc) is 2.11. The van der Waals surface area contributed by atoms with Gasteiger partial charge in [-0.3, -0.25) is 4.99 Å². The third-order valence-corrected chi connectivity index (χ3v) is 2.41. The third kappa shape index (κ3) is 0.852. The topological polar surface area (TPSA) is 15.6 Å². The molecule has 0 aromatic carbocycles. The van der Waals surface area contributed by atoms with Crippen molar-refractivity contribution >= 4 is 16.9 Å². The molecule has 0 saturated carbocycles. The van der Waals surface area contributed by atoms with Crippen LogP contribution in [-0.2, 0) is 0 Å². The number of hydrogen-bond donors (Lipinski definition) is 0. The second kappa shape index (κ2) is 2.06. The first kappa shape index (κ1) is 5.35. The molecule has 0 N–H and O–H groups in total. The molecule has 0 spiro atoms. The van der Waals surface area contributed by atoms with Gasteiger partial charge in [-0.15, -0.1) is 0 Å². The van der Waals surface area contributed by atoms with Crippen molar-refractivity contribution < 1.29 is 0 Å². The highest BCUT2D eigenvalue weighted by molar-refractivity contribution is 8.14. The summed E-state index contributed by atoms with van der Waals surface area (Å²) >= 11 is 1.85. The van der Waals surface area contributed by atoms with E-state index in [1.807, 2.05) is 11.8 Å². The Morgan fingerprint density at radius 2 is 2.56 bits per heavy atom. The van der Waals surface area contributed by atoms with Crippen molar-refractivity contribution in [3.63, 3.8) is 0 Å². The Kier molecular flexibility index (Phi) is 1.23. The normalized spacial score (nSPS) is 24.0. The van der Waals surface area contributed by atoms with E-state index in [9.17, 15) is 0 Å². The van der Waals surface area contributed by atoms with Crippen LogP contribution in [0.1, 0.15) is 0 Å². The lowest BCUT2D eigenvalue weighted by atomic mass is 10.4. The fraction of sp³-hybridized carbons (Fsp3) is 0.500. The van der Waals surface area contributed by atoms with Crippen LogP contribution >= 0.6 is 11.8 Å². The summed E-state index contributed by atoms with van der Waals surface area (Å²) in [7, 11) is 0. The summed E-state index contributed by atoms with van der Waals surface area (Å²) < 4.78 is 0. The highest BCUT2D eigenvalue weighted by Crippen LogP contribution is 2.18. The molecule has 0 saturated heterocycles. The highest BCUT2D eigenvalue weighted by atomic mass is 32.2. The minimum absolute atomic E-state index is 1.00.